The monoisotopic (exact) mass is 338 g/mol. The maximum Gasteiger partial charge on any atom is 0.257 e. The van der Waals surface area contributed by atoms with Crippen LogP contribution in [0.25, 0.3) is 10.6 Å². The lowest BCUT2D eigenvalue weighted by Gasteiger charge is -2.01. The van der Waals surface area contributed by atoms with Crippen LogP contribution in [-0.2, 0) is 4.84 Å². The van der Waals surface area contributed by atoms with Gasteiger partial charge in [0.25, 0.3) is 5.91 Å². The molecule has 3 aromatic rings. The molecule has 2 aromatic carbocycles. The summed E-state index contributed by atoms with van der Waals surface area (Å²) in [4.78, 5) is 16.9. The van der Waals surface area contributed by atoms with Gasteiger partial charge < -0.3 is 4.84 Å². The van der Waals surface area contributed by atoms with Crippen molar-refractivity contribution in [2.24, 2.45) is 5.16 Å². The van der Waals surface area contributed by atoms with Crippen LogP contribution in [0, 0.1) is 0 Å². The molecule has 0 atom stereocenters. The molecule has 1 aromatic heterocycles. The molecule has 0 aliphatic carbocycles. The smallest absolute Gasteiger partial charge is 0.257 e. The van der Waals surface area contributed by atoms with E-state index in [9.17, 15) is 4.79 Å². The molecule has 1 N–H and O–H groups in total. The molecule has 0 fully saturated rings. The molecule has 0 spiro atoms. The van der Waals surface area contributed by atoms with E-state index in [2.05, 4.69) is 25.5 Å². The molecule has 7 heteroatoms. The molecule has 0 bridgehead atoms. The van der Waals surface area contributed by atoms with E-state index < -0.39 is 0 Å². The molecule has 0 saturated carbocycles. The number of hydrogen-bond acceptors (Lipinski definition) is 6. The van der Waals surface area contributed by atoms with Crippen molar-refractivity contribution in [3.05, 3.63) is 65.7 Å². The Morgan fingerprint density at radius 3 is 2.58 bits per heavy atom. The Balaban J connectivity index is 1.69. The fraction of sp³-hybridized carbons (Fsp3) is 0.0588. The van der Waals surface area contributed by atoms with E-state index in [-0.39, 0.29) is 5.91 Å². The number of nitrogens with one attached hydrogen (secondary N) is 1. The number of rotatable bonds is 5. The number of nitrogens with zero attached hydrogens (tertiary/aromatic N) is 3. The number of anilines is 1. The lowest BCUT2D eigenvalue weighted by atomic mass is 10.1. The second kappa shape index (κ2) is 7.47. The van der Waals surface area contributed by atoms with Crippen LogP contribution in [-0.4, -0.2) is 29.4 Å². The van der Waals surface area contributed by atoms with Crippen LogP contribution in [0.4, 0.5) is 5.13 Å². The highest BCUT2D eigenvalue weighted by Crippen LogP contribution is 2.26. The van der Waals surface area contributed by atoms with Gasteiger partial charge in [-0.15, -0.1) is 10.2 Å². The molecular weight excluding hydrogens is 324 g/mol. The zero-order valence-electron chi connectivity index (χ0n) is 12.8. The maximum absolute atomic E-state index is 12.3. The van der Waals surface area contributed by atoms with Crippen molar-refractivity contribution in [3.8, 4) is 10.6 Å². The van der Waals surface area contributed by atoms with Gasteiger partial charge in [-0.1, -0.05) is 59.0 Å². The van der Waals surface area contributed by atoms with E-state index in [1.807, 2.05) is 30.3 Å². The summed E-state index contributed by atoms with van der Waals surface area (Å²) in [5, 5.41) is 15.8. The van der Waals surface area contributed by atoms with Gasteiger partial charge in [0.15, 0.2) is 0 Å². The van der Waals surface area contributed by atoms with Crippen LogP contribution in [0.3, 0.4) is 0 Å². The number of benzene rings is 2. The summed E-state index contributed by atoms with van der Waals surface area (Å²) in [6.07, 6.45) is 1.57. The summed E-state index contributed by atoms with van der Waals surface area (Å²) in [5.41, 5.74) is 2.34. The lowest BCUT2D eigenvalue weighted by Crippen LogP contribution is -2.11. The molecule has 1 amide bonds. The van der Waals surface area contributed by atoms with Gasteiger partial charge in [0.1, 0.15) is 12.1 Å². The second-order valence-electron chi connectivity index (χ2n) is 4.77. The normalized spacial score (nSPS) is 10.7. The average molecular weight is 338 g/mol. The molecule has 1 heterocycles. The molecule has 24 heavy (non-hydrogen) atoms. The highest BCUT2D eigenvalue weighted by atomic mass is 32.1. The second-order valence-corrected chi connectivity index (χ2v) is 5.75. The molecule has 3 rings (SSSR count). The number of oxime groups is 1. The van der Waals surface area contributed by atoms with Crippen molar-refractivity contribution in [2.45, 2.75) is 0 Å². The lowest BCUT2D eigenvalue weighted by molar-refractivity contribution is 0.102. The van der Waals surface area contributed by atoms with Crippen molar-refractivity contribution < 1.29 is 9.63 Å². The number of hydrogen-bond donors (Lipinski definition) is 1. The van der Waals surface area contributed by atoms with Crippen LogP contribution < -0.4 is 5.32 Å². The van der Waals surface area contributed by atoms with Crippen LogP contribution >= 0.6 is 11.3 Å². The van der Waals surface area contributed by atoms with Gasteiger partial charge in [-0.05, 0) is 17.7 Å². The Hall–Kier alpha value is -3.06. The Labute approximate surface area is 142 Å². The molecule has 0 unspecified atom stereocenters. The van der Waals surface area contributed by atoms with Gasteiger partial charge >= 0.3 is 0 Å². The number of carbonyl (C=O) groups is 1. The van der Waals surface area contributed by atoms with Crippen molar-refractivity contribution in [2.75, 3.05) is 12.4 Å². The molecule has 6 nitrogen and oxygen atoms in total. The van der Waals surface area contributed by atoms with E-state index in [1.165, 1.54) is 18.4 Å². The summed E-state index contributed by atoms with van der Waals surface area (Å²) in [6.45, 7) is 0. The minimum atomic E-state index is -0.235. The van der Waals surface area contributed by atoms with Crippen LogP contribution in [0.2, 0.25) is 0 Å². The number of carbonyl (C=O) groups excluding carboxylic acids is 1. The van der Waals surface area contributed by atoms with E-state index in [4.69, 9.17) is 0 Å². The Bertz CT molecular complexity index is 845. The van der Waals surface area contributed by atoms with Crippen LogP contribution in [0.15, 0.2) is 59.8 Å². The summed E-state index contributed by atoms with van der Waals surface area (Å²) in [7, 11) is 1.48. The van der Waals surface area contributed by atoms with Gasteiger partial charge in [-0.25, -0.2) is 0 Å². The van der Waals surface area contributed by atoms with Gasteiger partial charge in [0.2, 0.25) is 5.13 Å². The molecular formula is C17H14N4O2S. The Morgan fingerprint density at radius 2 is 1.88 bits per heavy atom. The number of aromatic nitrogens is 2. The highest BCUT2D eigenvalue weighted by Gasteiger charge is 2.11. The first kappa shape index (κ1) is 15.8. The van der Waals surface area contributed by atoms with Crippen molar-refractivity contribution >= 4 is 28.6 Å². The molecule has 120 valence electrons. The predicted molar refractivity (Wildman–Crippen MR) is 94.3 cm³/mol. The van der Waals surface area contributed by atoms with Crippen LogP contribution in [0.1, 0.15) is 15.9 Å². The quantitative estimate of drug-likeness (QED) is 0.571. The van der Waals surface area contributed by atoms with Gasteiger partial charge in [-0.3, -0.25) is 10.1 Å². The SMILES string of the molecule is CO/N=C/c1ccc(C(=O)Nc2nnc(-c3ccccc3)s2)cc1. The summed E-state index contributed by atoms with van der Waals surface area (Å²) in [5.74, 6) is -0.235. The van der Waals surface area contributed by atoms with Gasteiger partial charge in [0, 0.05) is 11.1 Å². The fourth-order valence-corrected chi connectivity index (χ4v) is 2.72. The minimum absolute atomic E-state index is 0.235. The first-order valence-corrected chi connectivity index (χ1v) is 7.95. The predicted octanol–water partition coefficient (Wildman–Crippen LogP) is 3.44. The summed E-state index contributed by atoms with van der Waals surface area (Å²) >= 11 is 1.33. The third-order valence-corrected chi connectivity index (χ3v) is 4.03. The minimum Gasteiger partial charge on any atom is -0.399 e. The summed E-state index contributed by atoms with van der Waals surface area (Å²) < 4.78 is 0. The first-order valence-electron chi connectivity index (χ1n) is 7.13. The van der Waals surface area contributed by atoms with Crippen molar-refractivity contribution in [3.63, 3.8) is 0 Å². The zero-order valence-corrected chi connectivity index (χ0v) is 13.7. The third-order valence-electron chi connectivity index (χ3n) is 3.15. The average Bonchev–Trinajstić information content (AvgIpc) is 3.09. The standard InChI is InChI=1S/C17H14N4O2S/c1-23-18-11-12-7-9-13(10-8-12)15(22)19-17-21-20-16(24-17)14-5-3-2-4-6-14/h2-11H,1H3,(H,19,21,22)/b18-11+. The third kappa shape index (κ3) is 3.82. The maximum atomic E-state index is 12.3. The van der Waals surface area contributed by atoms with Gasteiger partial charge in [0.05, 0.1) is 6.21 Å². The Morgan fingerprint density at radius 1 is 1.12 bits per heavy atom. The van der Waals surface area contributed by atoms with Crippen molar-refractivity contribution in [1.82, 2.24) is 10.2 Å². The van der Waals surface area contributed by atoms with Crippen molar-refractivity contribution in [1.29, 1.82) is 0 Å². The van der Waals surface area contributed by atoms with E-state index in [0.29, 0.717) is 10.7 Å². The topological polar surface area (TPSA) is 76.5 Å². The van der Waals surface area contributed by atoms with E-state index >= 15 is 0 Å². The molecule has 0 radical (unpaired) electrons. The zero-order chi connectivity index (χ0) is 16.8. The Kier molecular flexibility index (Phi) is 4.93. The van der Waals surface area contributed by atoms with E-state index in [1.54, 1.807) is 30.5 Å². The van der Waals surface area contributed by atoms with Gasteiger partial charge in [-0.2, -0.15) is 0 Å². The molecule has 0 aliphatic rings. The van der Waals surface area contributed by atoms with Crippen LogP contribution in [0.5, 0.6) is 0 Å². The fourth-order valence-electron chi connectivity index (χ4n) is 1.97. The largest absolute Gasteiger partial charge is 0.399 e. The molecule has 0 aliphatic heterocycles. The highest BCUT2D eigenvalue weighted by molar-refractivity contribution is 7.18. The summed E-state index contributed by atoms with van der Waals surface area (Å²) in [6, 6.07) is 16.7. The first-order chi connectivity index (χ1) is 11.8. The molecule has 0 saturated heterocycles. The van der Waals surface area contributed by atoms with E-state index in [0.717, 1.165) is 16.1 Å². The number of amides is 1.